The first-order chi connectivity index (χ1) is 7.65. The largest absolute Gasteiger partial charge is 0.355 e. The summed E-state index contributed by atoms with van der Waals surface area (Å²) in [6.45, 7) is 4.84. The summed E-state index contributed by atoms with van der Waals surface area (Å²) in [5.41, 5.74) is 1.01. The molecule has 1 aromatic carbocycles. The van der Waals surface area contributed by atoms with Gasteiger partial charge in [-0.3, -0.25) is 4.79 Å². The van der Waals surface area contributed by atoms with Crippen LogP contribution >= 0.6 is 11.6 Å². The van der Waals surface area contributed by atoms with E-state index in [9.17, 15) is 4.79 Å². The van der Waals surface area contributed by atoms with Gasteiger partial charge in [-0.25, -0.2) is 0 Å². The lowest BCUT2D eigenvalue weighted by Crippen LogP contribution is -2.34. The van der Waals surface area contributed by atoms with Crippen LogP contribution in [0.4, 0.5) is 0 Å². The van der Waals surface area contributed by atoms with Crippen LogP contribution in [0.1, 0.15) is 25.5 Å². The van der Waals surface area contributed by atoms with Crippen molar-refractivity contribution in [2.45, 2.75) is 19.9 Å². The molecule has 0 aliphatic rings. The van der Waals surface area contributed by atoms with Crippen molar-refractivity contribution in [1.82, 2.24) is 10.6 Å². The zero-order chi connectivity index (χ0) is 12.0. The van der Waals surface area contributed by atoms with E-state index in [1.165, 1.54) is 0 Å². The summed E-state index contributed by atoms with van der Waals surface area (Å²) in [6, 6.07) is 7.70. The molecule has 0 bridgehead atoms. The molecule has 1 aromatic rings. The molecular formula is C12H17ClN2O. The van der Waals surface area contributed by atoms with Crippen LogP contribution in [-0.4, -0.2) is 19.0 Å². The number of nitrogens with one attached hydrogen (secondary N) is 2. The summed E-state index contributed by atoms with van der Waals surface area (Å²) in [4.78, 5) is 11.3. The van der Waals surface area contributed by atoms with Crippen molar-refractivity contribution in [1.29, 1.82) is 0 Å². The molecule has 0 aliphatic heterocycles. The highest BCUT2D eigenvalue weighted by molar-refractivity contribution is 6.31. The van der Waals surface area contributed by atoms with Crippen molar-refractivity contribution in [2.75, 3.05) is 13.1 Å². The van der Waals surface area contributed by atoms with Crippen LogP contribution < -0.4 is 10.6 Å². The third-order valence-corrected chi connectivity index (χ3v) is 2.66. The van der Waals surface area contributed by atoms with Crippen LogP contribution in [0.3, 0.4) is 0 Å². The maximum absolute atomic E-state index is 11.3. The molecule has 1 atom stereocenters. The molecule has 0 saturated carbocycles. The Morgan fingerprint density at radius 1 is 1.44 bits per heavy atom. The molecule has 16 heavy (non-hydrogen) atoms. The minimum atomic E-state index is 0.00130. The van der Waals surface area contributed by atoms with Gasteiger partial charge in [0.05, 0.1) is 6.54 Å². The van der Waals surface area contributed by atoms with Crippen molar-refractivity contribution >= 4 is 17.5 Å². The van der Waals surface area contributed by atoms with Crippen molar-refractivity contribution in [3.8, 4) is 0 Å². The van der Waals surface area contributed by atoms with Gasteiger partial charge in [-0.1, -0.05) is 29.8 Å². The molecule has 0 unspecified atom stereocenters. The number of hydrogen-bond acceptors (Lipinski definition) is 2. The van der Waals surface area contributed by atoms with Crippen LogP contribution in [0.15, 0.2) is 24.3 Å². The van der Waals surface area contributed by atoms with Gasteiger partial charge in [0.1, 0.15) is 0 Å². The minimum Gasteiger partial charge on any atom is -0.355 e. The van der Waals surface area contributed by atoms with E-state index >= 15 is 0 Å². The van der Waals surface area contributed by atoms with E-state index in [4.69, 9.17) is 11.6 Å². The van der Waals surface area contributed by atoms with Gasteiger partial charge in [0.2, 0.25) is 5.91 Å². The number of halogens is 1. The first kappa shape index (κ1) is 13.0. The van der Waals surface area contributed by atoms with Crippen LogP contribution in [-0.2, 0) is 4.79 Å². The van der Waals surface area contributed by atoms with Crippen LogP contribution in [0.5, 0.6) is 0 Å². The third kappa shape index (κ3) is 3.83. The minimum absolute atomic E-state index is 0.00130. The highest BCUT2D eigenvalue weighted by Gasteiger charge is 2.09. The number of amides is 1. The monoisotopic (exact) mass is 240 g/mol. The maximum Gasteiger partial charge on any atom is 0.233 e. The Hall–Kier alpha value is -1.06. The Kier molecular flexibility index (Phi) is 5.29. The Balaban J connectivity index is 2.50. The fourth-order valence-electron chi connectivity index (χ4n) is 1.44. The van der Waals surface area contributed by atoms with Gasteiger partial charge in [-0.05, 0) is 25.5 Å². The quantitative estimate of drug-likeness (QED) is 0.828. The lowest BCUT2D eigenvalue weighted by molar-refractivity contribution is -0.120. The summed E-state index contributed by atoms with van der Waals surface area (Å²) in [5, 5.41) is 6.58. The number of likely N-dealkylation sites (N-methyl/N-ethyl adjacent to an activating group) is 1. The van der Waals surface area contributed by atoms with Gasteiger partial charge < -0.3 is 10.6 Å². The molecule has 0 fully saturated rings. The molecule has 4 heteroatoms. The first-order valence-electron chi connectivity index (χ1n) is 5.39. The lowest BCUT2D eigenvalue weighted by atomic mass is 10.1. The van der Waals surface area contributed by atoms with Crippen molar-refractivity contribution in [3.63, 3.8) is 0 Å². The van der Waals surface area contributed by atoms with Crippen LogP contribution in [0.25, 0.3) is 0 Å². The number of carbonyl (C=O) groups excluding carboxylic acids is 1. The standard InChI is InChI=1S/C12H17ClN2O/c1-3-14-12(16)8-15-9(2)10-6-4-5-7-11(10)13/h4-7,9,15H,3,8H2,1-2H3,(H,14,16)/t9-/m0/s1. The molecule has 0 heterocycles. The normalized spacial score (nSPS) is 12.2. The van der Waals surface area contributed by atoms with Gasteiger partial charge in [0, 0.05) is 17.6 Å². The third-order valence-electron chi connectivity index (χ3n) is 2.31. The Morgan fingerprint density at radius 2 is 2.12 bits per heavy atom. The molecule has 88 valence electrons. The zero-order valence-electron chi connectivity index (χ0n) is 9.59. The summed E-state index contributed by atoms with van der Waals surface area (Å²) < 4.78 is 0. The summed E-state index contributed by atoms with van der Waals surface area (Å²) in [7, 11) is 0. The second-order valence-electron chi connectivity index (χ2n) is 3.58. The highest BCUT2D eigenvalue weighted by atomic mass is 35.5. The highest BCUT2D eigenvalue weighted by Crippen LogP contribution is 2.21. The SMILES string of the molecule is CCNC(=O)CN[C@@H](C)c1ccccc1Cl. The van der Waals surface area contributed by atoms with Crippen LogP contribution in [0, 0.1) is 0 Å². The van der Waals surface area contributed by atoms with E-state index in [0.29, 0.717) is 13.1 Å². The fraction of sp³-hybridized carbons (Fsp3) is 0.417. The molecular weight excluding hydrogens is 224 g/mol. The molecule has 0 saturated heterocycles. The van der Waals surface area contributed by atoms with E-state index in [2.05, 4.69) is 10.6 Å². The first-order valence-corrected chi connectivity index (χ1v) is 5.77. The molecule has 0 aromatic heterocycles. The van der Waals surface area contributed by atoms with Gasteiger partial charge in [-0.15, -0.1) is 0 Å². The second-order valence-corrected chi connectivity index (χ2v) is 3.98. The van der Waals surface area contributed by atoms with Gasteiger partial charge >= 0.3 is 0 Å². The maximum atomic E-state index is 11.3. The molecule has 0 aliphatic carbocycles. The number of hydrogen-bond donors (Lipinski definition) is 2. The number of carbonyl (C=O) groups is 1. The average molecular weight is 241 g/mol. The van der Waals surface area contributed by atoms with Crippen molar-refractivity contribution in [3.05, 3.63) is 34.9 Å². The zero-order valence-corrected chi connectivity index (χ0v) is 10.3. The molecule has 2 N–H and O–H groups in total. The summed E-state index contributed by atoms with van der Waals surface area (Å²) in [5.74, 6) is 0.00130. The molecule has 1 rings (SSSR count). The predicted octanol–water partition coefficient (Wildman–Crippen LogP) is 2.13. The van der Waals surface area contributed by atoms with E-state index in [0.717, 1.165) is 10.6 Å². The molecule has 3 nitrogen and oxygen atoms in total. The van der Waals surface area contributed by atoms with E-state index in [1.54, 1.807) is 0 Å². The Bertz CT molecular complexity index is 355. The molecule has 1 amide bonds. The van der Waals surface area contributed by atoms with E-state index < -0.39 is 0 Å². The van der Waals surface area contributed by atoms with Crippen molar-refractivity contribution in [2.24, 2.45) is 0 Å². The van der Waals surface area contributed by atoms with E-state index in [-0.39, 0.29) is 11.9 Å². The summed E-state index contributed by atoms with van der Waals surface area (Å²) >= 11 is 6.06. The summed E-state index contributed by atoms with van der Waals surface area (Å²) in [6.07, 6.45) is 0. The van der Waals surface area contributed by atoms with E-state index in [1.807, 2.05) is 38.1 Å². The predicted molar refractivity (Wildman–Crippen MR) is 66.6 cm³/mol. The smallest absolute Gasteiger partial charge is 0.233 e. The molecule has 0 radical (unpaired) electrons. The van der Waals surface area contributed by atoms with Crippen LogP contribution in [0.2, 0.25) is 5.02 Å². The van der Waals surface area contributed by atoms with Crippen molar-refractivity contribution < 1.29 is 4.79 Å². The lowest BCUT2D eigenvalue weighted by Gasteiger charge is -2.15. The average Bonchev–Trinajstić information content (AvgIpc) is 2.27. The Morgan fingerprint density at radius 3 is 2.75 bits per heavy atom. The Labute approximate surface area is 101 Å². The number of rotatable bonds is 5. The van der Waals surface area contributed by atoms with Gasteiger partial charge in [-0.2, -0.15) is 0 Å². The van der Waals surface area contributed by atoms with Gasteiger partial charge in [0.25, 0.3) is 0 Å². The van der Waals surface area contributed by atoms with Gasteiger partial charge in [0.15, 0.2) is 0 Å². The fourth-order valence-corrected chi connectivity index (χ4v) is 1.74. The second kappa shape index (κ2) is 6.51. The molecule has 0 spiro atoms. The number of benzene rings is 1. The topological polar surface area (TPSA) is 41.1 Å².